The third kappa shape index (κ3) is 3.14. The van der Waals surface area contributed by atoms with Crippen molar-refractivity contribution in [1.29, 1.82) is 0 Å². The van der Waals surface area contributed by atoms with E-state index in [9.17, 15) is 9.90 Å². The number of aliphatic hydroxyl groups excluding tert-OH is 1. The molecule has 4 N–H and O–H groups in total. The van der Waals surface area contributed by atoms with Gasteiger partial charge in [-0.1, -0.05) is 0 Å². The van der Waals surface area contributed by atoms with Crippen LogP contribution in [0, 0.1) is 0 Å². The summed E-state index contributed by atoms with van der Waals surface area (Å²) in [7, 11) is 0. The van der Waals surface area contributed by atoms with Crippen LogP contribution in [0.5, 0.6) is 11.5 Å². The van der Waals surface area contributed by atoms with Crippen molar-refractivity contribution in [2.45, 2.75) is 6.42 Å². The van der Waals surface area contributed by atoms with Crippen molar-refractivity contribution in [2.75, 3.05) is 13.2 Å². The van der Waals surface area contributed by atoms with Gasteiger partial charge in [-0.15, -0.1) is 0 Å². The molecule has 1 aromatic carbocycles. The smallest absolute Gasteiger partial charge is 0.255 e. The van der Waals surface area contributed by atoms with Crippen LogP contribution in [0.15, 0.2) is 18.2 Å². The van der Waals surface area contributed by atoms with Gasteiger partial charge in [0.25, 0.3) is 5.91 Å². The molecule has 0 bridgehead atoms. The van der Waals surface area contributed by atoms with Crippen LogP contribution >= 0.6 is 0 Å². The minimum atomic E-state index is -0.430. The van der Waals surface area contributed by atoms with Crippen LogP contribution in [-0.4, -0.2) is 34.4 Å². The van der Waals surface area contributed by atoms with Gasteiger partial charge in [-0.3, -0.25) is 4.79 Å². The first kappa shape index (κ1) is 11.3. The van der Waals surface area contributed by atoms with Crippen molar-refractivity contribution in [3.63, 3.8) is 0 Å². The highest BCUT2D eigenvalue weighted by Crippen LogP contribution is 2.22. The molecule has 0 aliphatic carbocycles. The number of aliphatic hydroxyl groups is 1. The number of carbonyl (C=O) groups is 1. The molecule has 0 saturated heterocycles. The van der Waals surface area contributed by atoms with Crippen LogP contribution < -0.4 is 5.32 Å². The maximum Gasteiger partial charge on any atom is 0.255 e. The second-order valence-electron chi connectivity index (χ2n) is 3.03. The van der Waals surface area contributed by atoms with E-state index in [-0.39, 0.29) is 23.7 Å². The molecule has 82 valence electrons. The number of hydrogen-bond acceptors (Lipinski definition) is 4. The van der Waals surface area contributed by atoms with E-state index in [1.54, 1.807) is 0 Å². The predicted molar refractivity (Wildman–Crippen MR) is 53.8 cm³/mol. The third-order valence-corrected chi connectivity index (χ3v) is 1.85. The first-order valence-electron chi connectivity index (χ1n) is 4.56. The average molecular weight is 211 g/mol. The monoisotopic (exact) mass is 211 g/mol. The largest absolute Gasteiger partial charge is 0.508 e. The highest BCUT2D eigenvalue weighted by molar-refractivity contribution is 5.96. The van der Waals surface area contributed by atoms with Gasteiger partial charge in [0.2, 0.25) is 0 Å². The van der Waals surface area contributed by atoms with Crippen LogP contribution in [0.3, 0.4) is 0 Å². The number of carbonyl (C=O) groups excluding carboxylic acids is 1. The van der Waals surface area contributed by atoms with Crippen molar-refractivity contribution in [1.82, 2.24) is 5.32 Å². The van der Waals surface area contributed by atoms with E-state index in [4.69, 9.17) is 10.2 Å². The van der Waals surface area contributed by atoms with Crippen LogP contribution in [0.1, 0.15) is 16.8 Å². The van der Waals surface area contributed by atoms with E-state index in [0.29, 0.717) is 13.0 Å². The Morgan fingerprint density at radius 2 is 2.07 bits per heavy atom. The molecule has 1 rings (SSSR count). The Morgan fingerprint density at radius 3 is 2.67 bits per heavy atom. The summed E-state index contributed by atoms with van der Waals surface area (Å²) in [6.45, 7) is 0.345. The van der Waals surface area contributed by atoms with Crippen molar-refractivity contribution in [3.05, 3.63) is 23.8 Å². The van der Waals surface area contributed by atoms with Crippen molar-refractivity contribution >= 4 is 5.91 Å². The summed E-state index contributed by atoms with van der Waals surface area (Å²) in [6, 6.07) is 3.75. The van der Waals surface area contributed by atoms with E-state index >= 15 is 0 Å². The second-order valence-corrected chi connectivity index (χ2v) is 3.03. The highest BCUT2D eigenvalue weighted by Gasteiger charge is 2.10. The van der Waals surface area contributed by atoms with Gasteiger partial charge in [-0.05, 0) is 18.6 Å². The zero-order chi connectivity index (χ0) is 11.3. The molecule has 1 aromatic rings. The number of phenols is 2. The Balaban J connectivity index is 2.65. The zero-order valence-electron chi connectivity index (χ0n) is 8.10. The Bertz CT molecular complexity index is 351. The summed E-state index contributed by atoms with van der Waals surface area (Å²) in [5.41, 5.74) is 0.103. The molecular formula is C10H13NO4. The molecule has 0 spiro atoms. The van der Waals surface area contributed by atoms with Gasteiger partial charge in [0.05, 0.1) is 5.56 Å². The van der Waals surface area contributed by atoms with Crippen molar-refractivity contribution < 1.29 is 20.1 Å². The predicted octanol–water partition coefficient (Wildman–Crippen LogP) is 0.210. The first-order valence-corrected chi connectivity index (χ1v) is 4.56. The minimum absolute atomic E-state index is 0.00183. The molecule has 0 aliphatic rings. The average Bonchev–Trinajstić information content (AvgIpc) is 2.17. The van der Waals surface area contributed by atoms with Gasteiger partial charge in [0, 0.05) is 19.2 Å². The summed E-state index contributed by atoms with van der Waals surface area (Å²) >= 11 is 0. The van der Waals surface area contributed by atoms with E-state index in [1.807, 2.05) is 0 Å². The summed E-state index contributed by atoms with van der Waals surface area (Å²) < 4.78 is 0. The Morgan fingerprint density at radius 1 is 1.33 bits per heavy atom. The Kier molecular flexibility index (Phi) is 3.93. The molecule has 0 aromatic heterocycles. The summed E-state index contributed by atoms with van der Waals surface area (Å²) in [5, 5.41) is 29.4. The molecule has 0 atom stereocenters. The third-order valence-electron chi connectivity index (χ3n) is 1.85. The summed E-state index contributed by atoms with van der Waals surface area (Å²) in [5.74, 6) is -0.795. The molecule has 0 heterocycles. The van der Waals surface area contributed by atoms with Gasteiger partial charge in [0.15, 0.2) is 0 Å². The lowest BCUT2D eigenvalue weighted by Crippen LogP contribution is -2.25. The van der Waals surface area contributed by atoms with Crippen LogP contribution in [0.2, 0.25) is 0 Å². The number of rotatable bonds is 4. The highest BCUT2D eigenvalue weighted by atomic mass is 16.3. The van der Waals surface area contributed by atoms with E-state index in [2.05, 4.69) is 5.32 Å². The molecule has 5 heteroatoms. The molecule has 15 heavy (non-hydrogen) atoms. The van der Waals surface area contributed by atoms with Crippen LogP contribution in [0.25, 0.3) is 0 Å². The molecular weight excluding hydrogens is 198 g/mol. The van der Waals surface area contributed by atoms with Crippen molar-refractivity contribution in [2.24, 2.45) is 0 Å². The molecule has 0 radical (unpaired) electrons. The van der Waals surface area contributed by atoms with Crippen molar-refractivity contribution in [3.8, 4) is 11.5 Å². The lowest BCUT2D eigenvalue weighted by molar-refractivity contribution is 0.0948. The van der Waals surface area contributed by atoms with Crippen LogP contribution in [0.4, 0.5) is 0 Å². The minimum Gasteiger partial charge on any atom is -0.508 e. The van der Waals surface area contributed by atoms with Crippen LogP contribution in [-0.2, 0) is 0 Å². The van der Waals surface area contributed by atoms with Gasteiger partial charge >= 0.3 is 0 Å². The number of aromatic hydroxyl groups is 2. The molecule has 0 aliphatic heterocycles. The quantitative estimate of drug-likeness (QED) is 0.536. The molecule has 0 unspecified atom stereocenters. The van der Waals surface area contributed by atoms with Gasteiger partial charge in [0.1, 0.15) is 11.5 Å². The first-order chi connectivity index (χ1) is 7.15. The normalized spacial score (nSPS) is 9.93. The molecule has 0 fully saturated rings. The number of benzene rings is 1. The number of amides is 1. The number of hydrogen-bond donors (Lipinski definition) is 4. The maximum absolute atomic E-state index is 11.4. The second kappa shape index (κ2) is 5.21. The zero-order valence-corrected chi connectivity index (χ0v) is 8.10. The lowest BCUT2D eigenvalue weighted by atomic mass is 10.2. The fourth-order valence-corrected chi connectivity index (χ4v) is 1.09. The van der Waals surface area contributed by atoms with Gasteiger partial charge in [-0.2, -0.15) is 0 Å². The van der Waals surface area contributed by atoms with Gasteiger partial charge < -0.3 is 20.6 Å². The van der Waals surface area contributed by atoms with E-state index in [0.717, 1.165) is 6.07 Å². The molecule has 1 amide bonds. The lowest BCUT2D eigenvalue weighted by Gasteiger charge is -2.05. The Labute approximate surface area is 87.0 Å². The maximum atomic E-state index is 11.4. The molecule has 0 saturated carbocycles. The summed E-state index contributed by atoms with van der Waals surface area (Å²) in [6.07, 6.45) is 0.463. The fraction of sp³-hybridized carbons (Fsp3) is 0.300. The number of phenolic OH excluding ortho intramolecular Hbond substituents is 2. The molecule has 5 nitrogen and oxygen atoms in total. The Hall–Kier alpha value is -1.75. The van der Waals surface area contributed by atoms with Gasteiger partial charge in [-0.25, -0.2) is 0 Å². The number of nitrogens with one attached hydrogen (secondary N) is 1. The van der Waals surface area contributed by atoms with E-state index < -0.39 is 5.91 Å². The standard InChI is InChI=1S/C10H13NO4/c12-5-1-4-11-10(15)8-3-2-7(13)6-9(8)14/h2-3,6,12-14H,1,4-5H2,(H,11,15). The fourth-order valence-electron chi connectivity index (χ4n) is 1.09. The SMILES string of the molecule is O=C(NCCCO)c1ccc(O)cc1O. The summed E-state index contributed by atoms with van der Waals surface area (Å²) in [4.78, 5) is 11.4. The van der Waals surface area contributed by atoms with E-state index in [1.165, 1.54) is 12.1 Å². The topological polar surface area (TPSA) is 89.8 Å².